The van der Waals surface area contributed by atoms with Crippen LogP contribution in [0.3, 0.4) is 0 Å². The molecule has 31 heavy (non-hydrogen) atoms. The summed E-state index contributed by atoms with van der Waals surface area (Å²) in [5.41, 5.74) is 0.876. The first kappa shape index (κ1) is 22.4. The van der Waals surface area contributed by atoms with Crippen molar-refractivity contribution in [3.05, 3.63) is 54.1 Å². The number of anilines is 1. The van der Waals surface area contributed by atoms with E-state index in [0.29, 0.717) is 11.3 Å². The Morgan fingerprint density at radius 2 is 1.58 bits per heavy atom. The molecular weight excluding hydrogens is 422 g/mol. The van der Waals surface area contributed by atoms with E-state index >= 15 is 0 Å². The number of piperazine rings is 1. The summed E-state index contributed by atoms with van der Waals surface area (Å²) in [6.45, 7) is 3.44. The van der Waals surface area contributed by atoms with Crippen molar-refractivity contribution in [2.75, 3.05) is 31.5 Å². The van der Waals surface area contributed by atoms with E-state index < -0.39 is 16.0 Å². The smallest absolute Gasteiger partial charge is 0.308 e. The fourth-order valence-corrected chi connectivity index (χ4v) is 4.66. The average Bonchev–Trinajstić information content (AvgIpc) is 2.73. The molecule has 0 aromatic heterocycles. The van der Waals surface area contributed by atoms with Gasteiger partial charge < -0.3 is 15.0 Å². The maximum atomic E-state index is 12.9. The number of rotatable bonds is 5. The number of hydrogen-bond acceptors (Lipinski definition) is 6. The predicted octanol–water partition coefficient (Wildman–Crippen LogP) is 1.72. The first-order valence-corrected chi connectivity index (χ1v) is 11.1. The fourth-order valence-electron chi connectivity index (χ4n) is 3.24. The van der Waals surface area contributed by atoms with Gasteiger partial charge in [0.1, 0.15) is 5.75 Å². The topological polar surface area (TPSA) is 113 Å². The van der Waals surface area contributed by atoms with Gasteiger partial charge in [-0.25, -0.2) is 8.42 Å². The Balaban J connectivity index is 1.65. The minimum Gasteiger partial charge on any atom is -0.427 e. The Morgan fingerprint density at radius 3 is 2.16 bits per heavy atom. The van der Waals surface area contributed by atoms with Crippen LogP contribution in [0.2, 0.25) is 0 Å². The van der Waals surface area contributed by atoms with Gasteiger partial charge in [-0.3, -0.25) is 14.4 Å². The maximum Gasteiger partial charge on any atom is 0.308 e. The van der Waals surface area contributed by atoms with E-state index in [0.717, 1.165) is 0 Å². The minimum atomic E-state index is -3.72. The number of esters is 1. The van der Waals surface area contributed by atoms with Crippen molar-refractivity contribution < 1.29 is 27.5 Å². The molecule has 1 N–H and O–H groups in total. The van der Waals surface area contributed by atoms with E-state index in [2.05, 4.69) is 5.32 Å². The molecule has 0 atom stereocenters. The number of nitrogens with zero attached hydrogens (tertiary/aromatic N) is 2. The Bertz CT molecular complexity index is 1090. The van der Waals surface area contributed by atoms with Crippen molar-refractivity contribution in [1.82, 2.24) is 9.21 Å². The van der Waals surface area contributed by atoms with Gasteiger partial charge in [0.25, 0.3) is 5.91 Å². The van der Waals surface area contributed by atoms with Crippen LogP contribution in [-0.4, -0.2) is 61.6 Å². The molecule has 2 amide bonds. The summed E-state index contributed by atoms with van der Waals surface area (Å²) in [6.07, 6.45) is 0. The summed E-state index contributed by atoms with van der Waals surface area (Å²) in [5.74, 6) is -0.698. The average molecular weight is 445 g/mol. The van der Waals surface area contributed by atoms with Gasteiger partial charge in [0.05, 0.1) is 4.90 Å². The second-order valence-electron chi connectivity index (χ2n) is 7.02. The Hall–Kier alpha value is -3.24. The van der Waals surface area contributed by atoms with Crippen LogP contribution in [0.25, 0.3) is 0 Å². The number of ether oxygens (including phenoxy) is 1. The number of carbonyl (C=O) groups is 3. The van der Waals surface area contributed by atoms with Crippen molar-refractivity contribution in [2.45, 2.75) is 18.7 Å². The van der Waals surface area contributed by atoms with Crippen LogP contribution in [0.1, 0.15) is 24.2 Å². The molecule has 164 valence electrons. The molecule has 0 bridgehead atoms. The fraction of sp³-hybridized carbons (Fsp3) is 0.286. The van der Waals surface area contributed by atoms with E-state index in [1.165, 1.54) is 48.5 Å². The Kier molecular flexibility index (Phi) is 6.71. The number of benzene rings is 2. The van der Waals surface area contributed by atoms with Crippen molar-refractivity contribution in [3.8, 4) is 5.75 Å². The predicted molar refractivity (Wildman–Crippen MR) is 113 cm³/mol. The molecule has 2 aromatic rings. The summed E-state index contributed by atoms with van der Waals surface area (Å²) in [5, 5.41) is 2.59. The van der Waals surface area contributed by atoms with Gasteiger partial charge in [0.15, 0.2) is 0 Å². The van der Waals surface area contributed by atoms with Gasteiger partial charge in [-0.2, -0.15) is 4.31 Å². The third-order valence-corrected chi connectivity index (χ3v) is 6.59. The number of hydrogen-bond donors (Lipinski definition) is 1. The van der Waals surface area contributed by atoms with Gasteiger partial charge >= 0.3 is 5.97 Å². The SMILES string of the molecule is CC(=O)Nc1ccc(S(=O)(=O)N2CCN(C(=O)c3cccc(OC(C)=O)c3)CC2)cc1. The molecule has 9 nitrogen and oxygen atoms in total. The lowest BCUT2D eigenvalue weighted by Crippen LogP contribution is -2.50. The van der Waals surface area contributed by atoms with Gasteiger partial charge in [-0.1, -0.05) is 6.07 Å². The zero-order valence-electron chi connectivity index (χ0n) is 17.2. The highest BCUT2D eigenvalue weighted by atomic mass is 32.2. The first-order chi connectivity index (χ1) is 14.7. The van der Waals surface area contributed by atoms with E-state index in [1.807, 2.05) is 0 Å². The highest BCUT2D eigenvalue weighted by Crippen LogP contribution is 2.21. The second kappa shape index (κ2) is 9.27. The molecule has 0 aliphatic carbocycles. The van der Waals surface area contributed by atoms with E-state index in [4.69, 9.17) is 4.74 Å². The van der Waals surface area contributed by atoms with Crippen LogP contribution < -0.4 is 10.1 Å². The van der Waals surface area contributed by atoms with Crippen LogP contribution in [0.15, 0.2) is 53.4 Å². The summed E-state index contributed by atoms with van der Waals surface area (Å²) in [4.78, 5) is 36.7. The van der Waals surface area contributed by atoms with Crippen molar-refractivity contribution in [1.29, 1.82) is 0 Å². The van der Waals surface area contributed by atoms with Crippen LogP contribution in [-0.2, 0) is 19.6 Å². The molecule has 0 saturated carbocycles. The molecule has 1 heterocycles. The minimum absolute atomic E-state index is 0.121. The number of carbonyl (C=O) groups excluding carboxylic acids is 3. The molecule has 3 rings (SSSR count). The van der Waals surface area contributed by atoms with E-state index in [1.54, 1.807) is 23.1 Å². The van der Waals surface area contributed by atoms with E-state index in [-0.39, 0.29) is 48.6 Å². The molecule has 1 saturated heterocycles. The van der Waals surface area contributed by atoms with Crippen molar-refractivity contribution >= 4 is 33.5 Å². The van der Waals surface area contributed by atoms with Gasteiger partial charge in [-0.05, 0) is 42.5 Å². The van der Waals surface area contributed by atoms with Crippen molar-refractivity contribution in [2.24, 2.45) is 0 Å². The highest BCUT2D eigenvalue weighted by molar-refractivity contribution is 7.89. The summed E-state index contributed by atoms with van der Waals surface area (Å²) < 4.78 is 32.1. The van der Waals surface area contributed by atoms with Gasteiger partial charge in [-0.15, -0.1) is 0 Å². The molecule has 0 spiro atoms. The van der Waals surface area contributed by atoms with Gasteiger partial charge in [0.2, 0.25) is 15.9 Å². The lowest BCUT2D eigenvalue weighted by molar-refractivity contribution is -0.131. The zero-order valence-corrected chi connectivity index (χ0v) is 18.0. The summed E-state index contributed by atoms with van der Waals surface area (Å²) >= 11 is 0. The number of amides is 2. The van der Waals surface area contributed by atoms with Crippen LogP contribution in [0.4, 0.5) is 5.69 Å². The highest BCUT2D eigenvalue weighted by Gasteiger charge is 2.30. The monoisotopic (exact) mass is 445 g/mol. The molecular formula is C21H23N3O6S. The Labute approximate surface area is 180 Å². The first-order valence-electron chi connectivity index (χ1n) is 9.62. The zero-order chi connectivity index (χ0) is 22.6. The third-order valence-electron chi connectivity index (χ3n) is 4.68. The van der Waals surface area contributed by atoms with Crippen LogP contribution in [0.5, 0.6) is 5.75 Å². The van der Waals surface area contributed by atoms with Gasteiger partial charge in [0, 0.05) is 51.3 Å². The largest absolute Gasteiger partial charge is 0.427 e. The molecule has 1 aliphatic heterocycles. The molecule has 2 aromatic carbocycles. The maximum absolute atomic E-state index is 12.9. The number of sulfonamides is 1. The summed E-state index contributed by atoms with van der Waals surface area (Å²) in [6, 6.07) is 12.3. The number of nitrogens with one attached hydrogen (secondary N) is 1. The van der Waals surface area contributed by atoms with Crippen molar-refractivity contribution in [3.63, 3.8) is 0 Å². The van der Waals surface area contributed by atoms with Crippen LogP contribution >= 0.6 is 0 Å². The van der Waals surface area contributed by atoms with Crippen LogP contribution in [0, 0.1) is 0 Å². The molecule has 10 heteroatoms. The third kappa shape index (κ3) is 5.47. The lowest BCUT2D eigenvalue weighted by Gasteiger charge is -2.34. The molecule has 1 aliphatic rings. The Morgan fingerprint density at radius 1 is 0.935 bits per heavy atom. The molecule has 1 fully saturated rings. The summed E-state index contributed by atoms with van der Waals surface area (Å²) in [7, 11) is -3.72. The second-order valence-corrected chi connectivity index (χ2v) is 8.96. The molecule has 0 radical (unpaired) electrons. The normalized spacial score (nSPS) is 14.7. The lowest BCUT2D eigenvalue weighted by atomic mass is 10.1. The quantitative estimate of drug-likeness (QED) is 0.554. The van der Waals surface area contributed by atoms with E-state index in [9.17, 15) is 22.8 Å². The standard InChI is InChI=1S/C21H23N3O6S/c1-15(25)22-18-6-8-20(9-7-18)31(28,29)24-12-10-23(11-13-24)21(27)17-4-3-5-19(14-17)30-16(2)26/h3-9,14H,10-13H2,1-2H3,(H,22,25). The molecule has 0 unspecified atom stereocenters.